The SMILES string of the molecule is COc1ccc(C2=CCN(C(=O)CCCOc3ccccc3)CC2)cc1. The van der Waals surface area contributed by atoms with Crippen LogP contribution < -0.4 is 9.47 Å². The highest BCUT2D eigenvalue weighted by molar-refractivity contribution is 5.78. The lowest BCUT2D eigenvalue weighted by molar-refractivity contribution is -0.131. The van der Waals surface area contributed by atoms with Crippen LogP contribution in [0.15, 0.2) is 60.7 Å². The number of hydrogen-bond donors (Lipinski definition) is 0. The summed E-state index contributed by atoms with van der Waals surface area (Å²) in [4.78, 5) is 14.3. The summed E-state index contributed by atoms with van der Waals surface area (Å²) in [6.07, 6.45) is 4.31. The molecule has 1 amide bonds. The summed E-state index contributed by atoms with van der Waals surface area (Å²) in [6.45, 7) is 2.02. The Balaban J connectivity index is 1.43. The minimum Gasteiger partial charge on any atom is -0.497 e. The number of nitrogens with zero attached hydrogens (tertiary/aromatic N) is 1. The summed E-state index contributed by atoms with van der Waals surface area (Å²) in [6, 6.07) is 17.8. The van der Waals surface area contributed by atoms with Crippen LogP contribution >= 0.6 is 0 Å². The molecule has 1 aliphatic heterocycles. The van der Waals surface area contributed by atoms with Crippen LogP contribution in [-0.2, 0) is 4.79 Å². The van der Waals surface area contributed by atoms with Gasteiger partial charge in [-0.15, -0.1) is 0 Å². The first-order chi connectivity index (χ1) is 12.8. The molecule has 26 heavy (non-hydrogen) atoms. The van der Waals surface area contributed by atoms with Gasteiger partial charge in [0.2, 0.25) is 5.91 Å². The van der Waals surface area contributed by atoms with Crippen LogP contribution in [0.25, 0.3) is 5.57 Å². The van der Waals surface area contributed by atoms with Crippen LogP contribution in [0.2, 0.25) is 0 Å². The van der Waals surface area contributed by atoms with E-state index < -0.39 is 0 Å². The summed E-state index contributed by atoms with van der Waals surface area (Å²) in [5.74, 6) is 1.91. The number of hydrogen-bond acceptors (Lipinski definition) is 3. The van der Waals surface area contributed by atoms with Gasteiger partial charge in [0.25, 0.3) is 0 Å². The summed E-state index contributed by atoms with van der Waals surface area (Å²) >= 11 is 0. The zero-order chi connectivity index (χ0) is 18.2. The molecular weight excluding hydrogens is 326 g/mol. The third-order valence-corrected chi connectivity index (χ3v) is 4.57. The van der Waals surface area contributed by atoms with E-state index in [2.05, 4.69) is 18.2 Å². The minimum absolute atomic E-state index is 0.201. The van der Waals surface area contributed by atoms with Crippen molar-refractivity contribution in [1.29, 1.82) is 0 Å². The lowest BCUT2D eigenvalue weighted by atomic mass is 9.99. The van der Waals surface area contributed by atoms with Gasteiger partial charge >= 0.3 is 0 Å². The van der Waals surface area contributed by atoms with Crippen molar-refractivity contribution in [1.82, 2.24) is 4.90 Å². The van der Waals surface area contributed by atoms with Crippen molar-refractivity contribution in [3.8, 4) is 11.5 Å². The van der Waals surface area contributed by atoms with Gasteiger partial charge in [-0.2, -0.15) is 0 Å². The summed E-state index contributed by atoms with van der Waals surface area (Å²) in [7, 11) is 1.67. The number of para-hydroxylation sites is 1. The predicted molar refractivity (Wildman–Crippen MR) is 103 cm³/mol. The van der Waals surface area contributed by atoms with Crippen molar-refractivity contribution in [2.45, 2.75) is 19.3 Å². The van der Waals surface area contributed by atoms with Crippen LogP contribution in [0.1, 0.15) is 24.8 Å². The van der Waals surface area contributed by atoms with Crippen molar-refractivity contribution < 1.29 is 14.3 Å². The van der Waals surface area contributed by atoms with E-state index in [-0.39, 0.29) is 5.91 Å². The lowest BCUT2D eigenvalue weighted by Crippen LogP contribution is -2.34. The van der Waals surface area contributed by atoms with Crippen molar-refractivity contribution in [3.63, 3.8) is 0 Å². The summed E-state index contributed by atoms with van der Waals surface area (Å²) < 4.78 is 10.8. The van der Waals surface area contributed by atoms with Gasteiger partial charge in [0.15, 0.2) is 0 Å². The van der Waals surface area contributed by atoms with Gasteiger partial charge in [-0.3, -0.25) is 4.79 Å². The maximum atomic E-state index is 12.4. The van der Waals surface area contributed by atoms with Gasteiger partial charge in [0.1, 0.15) is 11.5 Å². The largest absolute Gasteiger partial charge is 0.497 e. The first-order valence-electron chi connectivity index (χ1n) is 9.05. The van der Waals surface area contributed by atoms with E-state index in [0.717, 1.165) is 30.9 Å². The Bertz CT molecular complexity index is 738. The molecule has 4 heteroatoms. The van der Waals surface area contributed by atoms with E-state index in [1.54, 1.807) is 7.11 Å². The molecule has 0 aliphatic carbocycles. The third kappa shape index (κ3) is 4.88. The molecule has 136 valence electrons. The molecule has 2 aromatic rings. The molecule has 0 unspecified atom stereocenters. The molecule has 0 saturated carbocycles. The lowest BCUT2D eigenvalue weighted by Gasteiger charge is -2.27. The Hall–Kier alpha value is -2.75. The number of carbonyl (C=O) groups is 1. The Labute approximate surface area is 155 Å². The van der Waals surface area contributed by atoms with Gasteiger partial charge in [0.05, 0.1) is 13.7 Å². The zero-order valence-electron chi connectivity index (χ0n) is 15.2. The zero-order valence-corrected chi connectivity index (χ0v) is 15.2. The topological polar surface area (TPSA) is 38.8 Å². The molecule has 4 nitrogen and oxygen atoms in total. The molecule has 0 spiro atoms. The number of methoxy groups -OCH3 is 1. The Morgan fingerprint density at radius 3 is 2.46 bits per heavy atom. The van der Waals surface area contributed by atoms with E-state index in [1.165, 1.54) is 11.1 Å². The molecule has 0 aromatic heterocycles. The van der Waals surface area contributed by atoms with Crippen LogP contribution in [-0.4, -0.2) is 37.6 Å². The Morgan fingerprint density at radius 2 is 1.81 bits per heavy atom. The molecule has 0 fully saturated rings. The molecule has 0 saturated heterocycles. The van der Waals surface area contributed by atoms with Crippen molar-refractivity contribution in [3.05, 3.63) is 66.2 Å². The first kappa shape index (κ1) is 18.1. The second kappa shape index (κ2) is 9.09. The van der Waals surface area contributed by atoms with Gasteiger partial charge in [-0.1, -0.05) is 36.4 Å². The molecule has 0 N–H and O–H groups in total. The molecule has 3 rings (SSSR count). The van der Waals surface area contributed by atoms with Gasteiger partial charge in [-0.05, 0) is 48.2 Å². The van der Waals surface area contributed by atoms with Crippen molar-refractivity contribution >= 4 is 11.5 Å². The molecule has 0 bridgehead atoms. The van der Waals surface area contributed by atoms with Gasteiger partial charge in [-0.25, -0.2) is 0 Å². The monoisotopic (exact) mass is 351 g/mol. The predicted octanol–water partition coefficient (Wildman–Crippen LogP) is 4.17. The Kier molecular flexibility index (Phi) is 6.31. The number of carbonyl (C=O) groups excluding carboxylic acids is 1. The van der Waals surface area contributed by atoms with Gasteiger partial charge < -0.3 is 14.4 Å². The highest BCUT2D eigenvalue weighted by Crippen LogP contribution is 2.24. The average Bonchev–Trinajstić information content (AvgIpc) is 2.72. The third-order valence-electron chi connectivity index (χ3n) is 4.57. The van der Waals surface area contributed by atoms with Crippen LogP contribution in [0.3, 0.4) is 0 Å². The van der Waals surface area contributed by atoms with E-state index >= 15 is 0 Å². The second-order valence-corrected chi connectivity index (χ2v) is 6.31. The molecule has 0 atom stereocenters. The number of ether oxygens (including phenoxy) is 2. The maximum Gasteiger partial charge on any atom is 0.222 e. The quantitative estimate of drug-likeness (QED) is 0.703. The second-order valence-electron chi connectivity index (χ2n) is 6.31. The van der Waals surface area contributed by atoms with Crippen molar-refractivity contribution in [2.24, 2.45) is 0 Å². The van der Waals surface area contributed by atoms with Crippen LogP contribution in [0.5, 0.6) is 11.5 Å². The standard InChI is InChI=1S/C22H25NO3/c1-25-20-11-9-18(10-12-20)19-13-15-23(16-14-19)22(24)8-5-17-26-21-6-3-2-4-7-21/h2-4,6-7,9-13H,5,8,14-17H2,1H3. The molecule has 1 aliphatic rings. The molecule has 1 heterocycles. The number of amides is 1. The fourth-order valence-electron chi connectivity index (χ4n) is 3.05. The fraction of sp³-hybridized carbons (Fsp3) is 0.318. The van der Waals surface area contributed by atoms with Gasteiger partial charge in [0, 0.05) is 19.5 Å². The van der Waals surface area contributed by atoms with Crippen LogP contribution in [0, 0.1) is 0 Å². The van der Waals surface area contributed by atoms with E-state index in [1.807, 2.05) is 47.4 Å². The van der Waals surface area contributed by atoms with Crippen molar-refractivity contribution in [2.75, 3.05) is 26.8 Å². The van der Waals surface area contributed by atoms with E-state index in [4.69, 9.17) is 9.47 Å². The number of rotatable bonds is 7. The maximum absolute atomic E-state index is 12.4. The summed E-state index contributed by atoms with van der Waals surface area (Å²) in [5.41, 5.74) is 2.50. The Morgan fingerprint density at radius 1 is 1.04 bits per heavy atom. The normalized spacial score (nSPS) is 13.9. The average molecular weight is 351 g/mol. The molecule has 0 radical (unpaired) electrons. The smallest absolute Gasteiger partial charge is 0.222 e. The first-order valence-corrected chi connectivity index (χ1v) is 9.05. The highest BCUT2D eigenvalue weighted by Gasteiger charge is 2.17. The molecular formula is C22H25NO3. The number of benzene rings is 2. The van der Waals surface area contributed by atoms with Crippen LogP contribution in [0.4, 0.5) is 0 Å². The fourth-order valence-corrected chi connectivity index (χ4v) is 3.05. The minimum atomic E-state index is 0.201. The highest BCUT2D eigenvalue weighted by atomic mass is 16.5. The molecule has 2 aromatic carbocycles. The van der Waals surface area contributed by atoms with E-state index in [0.29, 0.717) is 19.6 Å². The van der Waals surface area contributed by atoms with E-state index in [9.17, 15) is 4.79 Å². The summed E-state index contributed by atoms with van der Waals surface area (Å²) in [5, 5.41) is 0.